The van der Waals surface area contributed by atoms with Crippen LogP contribution in [0.2, 0.25) is 0 Å². The molecule has 1 aliphatic carbocycles. The van der Waals surface area contributed by atoms with Crippen LogP contribution in [0.15, 0.2) is 28.9 Å². The minimum absolute atomic E-state index is 0.133. The number of hydrazine groups is 1. The van der Waals surface area contributed by atoms with E-state index in [0.717, 1.165) is 12.8 Å². The number of halogens is 1. The van der Waals surface area contributed by atoms with Crippen molar-refractivity contribution in [2.24, 2.45) is 5.84 Å². The Hall–Kier alpha value is -3.53. The second-order valence-corrected chi connectivity index (χ2v) is 7.81. The molecule has 0 saturated heterocycles. The molecule has 4 N–H and O–H groups in total. The average Bonchev–Trinajstić information content (AvgIpc) is 3.19. The molecule has 1 saturated carbocycles. The van der Waals surface area contributed by atoms with Gasteiger partial charge in [0, 0.05) is 6.07 Å². The van der Waals surface area contributed by atoms with Crippen molar-refractivity contribution in [3.63, 3.8) is 0 Å². The van der Waals surface area contributed by atoms with Gasteiger partial charge in [-0.3, -0.25) is 9.80 Å². The van der Waals surface area contributed by atoms with Crippen molar-refractivity contribution in [3.05, 3.63) is 47.5 Å². The van der Waals surface area contributed by atoms with Crippen LogP contribution < -0.4 is 16.2 Å². The van der Waals surface area contributed by atoms with Crippen molar-refractivity contribution in [2.75, 3.05) is 5.01 Å². The zero-order chi connectivity index (χ0) is 21.0. The lowest BCUT2D eigenvalue weighted by Crippen LogP contribution is -2.42. The zero-order valence-electron chi connectivity index (χ0n) is 16.5. The third-order valence-electron chi connectivity index (χ3n) is 5.57. The van der Waals surface area contributed by atoms with Crippen LogP contribution in [-0.4, -0.2) is 31.4 Å². The molecule has 3 heterocycles. The number of anilines is 1. The van der Waals surface area contributed by atoms with E-state index < -0.39 is 0 Å². The molecule has 9 nitrogen and oxygen atoms in total. The van der Waals surface area contributed by atoms with E-state index in [-0.39, 0.29) is 23.8 Å². The van der Waals surface area contributed by atoms with Crippen LogP contribution in [0.5, 0.6) is 0 Å². The molecule has 0 bridgehead atoms. The summed E-state index contributed by atoms with van der Waals surface area (Å²) in [6.45, 7) is 3.87. The number of imidazole rings is 1. The Bertz CT molecular complexity index is 1290. The van der Waals surface area contributed by atoms with Crippen LogP contribution in [0, 0.1) is 12.7 Å². The molecule has 5 rings (SSSR count). The molecular weight excluding hydrogens is 389 g/mol. The van der Waals surface area contributed by atoms with Crippen molar-refractivity contribution in [2.45, 2.75) is 38.8 Å². The number of hydrogen-bond acceptors (Lipinski definition) is 7. The molecule has 0 radical (unpaired) electrons. The lowest BCUT2D eigenvalue weighted by atomic mass is 10.1. The summed E-state index contributed by atoms with van der Waals surface area (Å²) in [7, 11) is 0. The van der Waals surface area contributed by atoms with Crippen molar-refractivity contribution in [3.8, 4) is 0 Å². The molecule has 1 aromatic carbocycles. The summed E-state index contributed by atoms with van der Waals surface area (Å²) in [5.41, 5.74) is 1.64. The van der Waals surface area contributed by atoms with E-state index in [1.807, 2.05) is 6.92 Å². The van der Waals surface area contributed by atoms with Crippen LogP contribution in [0.25, 0.3) is 22.1 Å². The van der Waals surface area contributed by atoms with E-state index in [1.54, 1.807) is 18.0 Å². The lowest BCUT2D eigenvalue weighted by Gasteiger charge is -2.25. The molecule has 30 heavy (non-hydrogen) atoms. The number of aromatic nitrogens is 4. The second-order valence-electron chi connectivity index (χ2n) is 7.81. The average molecular weight is 409 g/mol. The van der Waals surface area contributed by atoms with E-state index in [0.29, 0.717) is 45.1 Å². The highest BCUT2D eigenvalue weighted by atomic mass is 19.1. The number of benzene rings is 1. The molecule has 4 aromatic rings. The van der Waals surface area contributed by atoms with Gasteiger partial charge in [-0.25, -0.2) is 25.2 Å². The normalized spacial score (nSPS) is 14.9. The standard InChI is InChI=1S/C20H20FN7O2/c1-10-15(16-17(24-9-25-19(16)30-10)28(22)20(2)5-6-20)18(29)23-8-14-26-12-4-3-11(21)7-13(12)27-14/h3-4,7,9H,5-6,8,22H2,1-2H3,(H,23,29)(H,26,27). The second kappa shape index (κ2) is 6.49. The van der Waals surface area contributed by atoms with Gasteiger partial charge in [-0.2, -0.15) is 0 Å². The zero-order valence-corrected chi connectivity index (χ0v) is 16.5. The van der Waals surface area contributed by atoms with Gasteiger partial charge in [0.15, 0.2) is 5.82 Å². The van der Waals surface area contributed by atoms with E-state index in [1.165, 1.54) is 18.5 Å². The fourth-order valence-corrected chi connectivity index (χ4v) is 3.53. The SMILES string of the molecule is Cc1oc2ncnc(N(N)C3(C)CC3)c2c1C(=O)NCc1nc2cc(F)ccc2[nH]1. The molecule has 0 unspecified atom stereocenters. The maximum atomic E-state index is 13.4. The van der Waals surface area contributed by atoms with Gasteiger partial charge in [0.1, 0.15) is 23.7 Å². The van der Waals surface area contributed by atoms with Gasteiger partial charge >= 0.3 is 0 Å². The first-order valence-electron chi connectivity index (χ1n) is 9.57. The Labute approximate surface area is 170 Å². The highest BCUT2D eigenvalue weighted by Gasteiger charge is 2.44. The van der Waals surface area contributed by atoms with Crippen molar-refractivity contribution in [1.82, 2.24) is 25.3 Å². The molecule has 0 spiro atoms. The van der Waals surface area contributed by atoms with Gasteiger partial charge in [0.05, 0.1) is 34.1 Å². The largest absolute Gasteiger partial charge is 0.442 e. The molecule has 0 aliphatic heterocycles. The Morgan fingerprint density at radius 2 is 2.20 bits per heavy atom. The summed E-state index contributed by atoms with van der Waals surface area (Å²) < 4.78 is 19.1. The molecule has 1 aliphatic rings. The number of nitrogens with zero attached hydrogens (tertiary/aromatic N) is 4. The minimum Gasteiger partial charge on any atom is -0.442 e. The van der Waals surface area contributed by atoms with Gasteiger partial charge < -0.3 is 14.7 Å². The van der Waals surface area contributed by atoms with Crippen LogP contribution >= 0.6 is 0 Å². The molecular formula is C20H20FN7O2. The summed E-state index contributed by atoms with van der Waals surface area (Å²) in [6, 6.07) is 4.29. The molecule has 1 amide bonds. The fourth-order valence-electron chi connectivity index (χ4n) is 3.53. The number of nitrogens with one attached hydrogen (secondary N) is 2. The van der Waals surface area contributed by atoms with Crippen molar-refractivity contribution < 1.29 is 13.6 Å². The first-order valence-corrected chi connectivity index (χ1v) is 9.57. The number of aromatic amines is 1. The van der Waals surface area contributed by atoms with Crippen LogP contribution in [0.3, 0.4) is 0 Å². The lowest BCUT2D eigenvalue weighted by molar-refractivity contribution is 0.0950. The quantitative estimate of drug-likeness (QED) is 0.342. The number of rotatable bonds is 5. The van der Waals surface area contributed by atoms with E-state index in [9.17, 15) is 9.18 Å². The number of aryl methyl sites for hydroxylation is 1. The van der Waals surface area contributed by atoms with Crippen LogP contribution in [-0.2, 0) is 6.54 Å². The van der Waals surface area contributed by atoms with Gasteiger partial charge in [0.25, 0.3) is 5.91 Å². The number of amides is 1. The van der Waals surface area contributed by atoms with E-state index in [4.69, 9.17) is 10.3 Å². The Balaban J connectivity index is 1.46. The monoisotopic (exact) mass is 409 g/mol. The number of fused-ring (bicyclic) bond motifs is 2. The highest BCUT2D eigenvalue weighted by molar-refractivity contribution is 6.10. The minimum atomic E-state index is -0.367. The molecule has 1 fully saturated rings. The third kappa shape index (κ3) is 2.96. The van der Waals surface area contributed by atoms with Gasteiger partial charge in [-0.1, -0.05) is 0 Å². The summed E-state index contributed by atoms with van der Waals surface area (Å²) in [5.74, 6) is 6.99. The number of furan rings is 1. The number of hydrogen-bond donors (Lipinski definition) is 3. The summed E-state index contributed by atoms with van der Waals surface area (Å²) in [6.07, 6.45) is 3.27. The first kappa shape index (κ1) is 18.5. The first-order chi connectivity index (χ1) is 14.4. The molecule has 0 atom stereocenters. The Kier molecular flexibility index (Phi) is 4.00. The Morgan fingerprint density at radius 1 is 1.40 bits per heavy atom. The van der Waals surface area contributed by atoms with E-state index >= 15 is 0 Å². The topological polar surface area (TPSA) is 126 Å². The Morgan fingerprint density at radius 3 is 2.97 bits per heavy atom. The summed E-state index contributed by atoms with van der Waals surface area (Å²) in [5, 5.41) is 4.90. The van der Waals surface area contributed by atoms with Crippen molar-refractivity contribution in [1.29, 1.82) is 0 Å². The predicted octanol–water partition coefficient (Wildman–Crippen LogP) is 2.71. The number of H-pyrrole nitrogens is 1. The van der Waals surface area contributed by atoms with E-state index in [2.05, 4.69) is 25.3 Å². The predicted molar refractivity (Wildman–Crippen MR) is 108 cm³/mol. The number of carbonyl (C=O) groups excluding carboxylic acids is 1. The fraction of sp³-hybridized carbons (Fsp3) is 0.300. The van der Waals surface area contributed by atoms with Gasteiger partial charge in [-0.15, -0.1) is 0 Å². The molecule has 3 aromatic heterocycles. The number of nitrogens with two attached hydrogens (primary N) is 1. The number of carbonyl (C=O) groups is 1. The van der Waals surface area contributed by atoms with Gasteiger partial charge in [0.2, 0.25) is 5.71 Å². The van der Waals surface area contributed by atoms with Gasteiger partial charge in [-0.05, 0) is 38.8 Å². The summed E-state index contributed by atoms with van der Waals surface area (Å²) in [4.78, 5) is 28.9. The third-order valence-corrected chi connectivity index (χ3v) is 5.57. The van der Waals surface area contributed by atoms with Crippen molar-refractivity contribution >= 4 is 33.9 Å². The maximum absolute atomic E-state index is 13.4. The highest BCUT2D eigenvalue weighted by Crippen LogP contribution is 2.43. The maximum Gasteiger partial charge on any atom is 0.256 e. The molecule has 154 valence electrons. The van der Waals surface area contributed by atoms with Crippen LogP contribution in [0.4, 0.5) is 10.2 Å². The molecule has 10 heteroatoms. The smallest absolute Gasteiger partial charge is 0.256 e. The van der Waals surface area contributed by atoms with Crippen LogP contribution in [0.1, 0.15) is 41.7 Å². The summed E-state index contributed by atoms with van der Waals surface area (Å²) >= 11 is 0.